The minimum Gasteiger partial charge on any atom is -0.507 e. The van der Waals surface area contributed by atoms with Gasteiger partial charge in [0.2, 0.25) is 0 Å². The summed E-state index contributed by atoms with van der Waals surface area (Å²) in [7, 11) is 0. The molecule has 2 nitrogen and oxygen atoms in total. The Morgan fingerprint density at radius 2 is 1.89 bits per heavy atom. The SMILES string of the molecule is CCc1cc(C(C)(C)C)c(O)c(C2(CN)CC2)c1. The molecule has 0 saturated heterocycles. The molecular weight excluding hydrogens is 222 g/mol. The summed E-state index contributed by atoms with van der Waals surface area (Å²) in [4.78, 5) is 0. The maximum atomic E-state index is 10.6. The zero-order chi connectivity index (χ0) is 13.6. The predicted octanol–water partition coefficient (Wildman–Crippen LogP) is 3.24. The molecule has 1 aromatic carbocycles. The standard InChI is InChI=1S/C16H25NO/c1-5-11-8-12(15(2,3)4)14(18)13(9-11)16(10-17)6-7-16/h8-9,18H,5-7,10,17H2,1-4H3. The number of hydrogen-bond acceptors (Lipinski definition) is 2. The van der Waals surface area contributed by atoms with Crippen LogP contribution >= 0.6 is 0 Å². The second-order valence-electron chi connectivity index (χ2n) is 6.63. The van der Waals surface area contributed by atoms with E-state index in [0.29, 0.717) is 12.3 Å². The molecule has 0 heterocycles. The van der Waals surface area contributed by atoms with Gasteiger partial charge in [-0.05, 0) is 35.8 Å². The zero-order valence-corrected chi connectivity index (χ0v) is 12.0. The molecule has 0 amide bonds. The third-order valence-corrected chi connectivity index (χ3v) is 4.20. The highest BCUT2D eigenvalue weighted by Crippen LogP contribution is 2.52. The molecule has 0 bridgehead atoms. The van der Waals surface area contributed by atoms with Crippen LogP contribution in [-0.2, 0) is 17.3 Å². The fraction of sp³-hybridized carbons (Fsp3) is 0.625. The number of hydrogen-bond donors (Lipinski definition) is 2. The molecular formula is C16H25NO. The molecule has 0 radical (unpaired) electrons. The molecule has 0 aliphatic heterocycles. The van der Waals surface area contributed by atoms with E-state index in [0.717, 1.165) is 30.4 Å². The van der Waals surface area contributed by atoms with Crippen molar-refractivity contribution in [2.45, 2.75) is 57.8 Å². The maximum Gasteiger partial charge on any atom is 0.123 e. The first kappa shape index (κ1) is 13.4. The van der Waals surface area contributed by atoms with Gasteiger partial charge in [-0.15, -0.1) is 0 Å². The van der Waals surface area contributed by atoms with E-state index in [1.807, 2.05) is 0 Å². The van der Waals surface area contributed by atoms with Gasteiger partial charge in [-0.1, -0.05) is 39.8 Å². The Morgan fingerprint density at radius 1 is 1.28 bits per heavy atom. The molecule has 2 rings (SSSR count). The molecule has 1 aliphatic rings. The van der Waals surface area contributed by atoms with Crippen LogP contribution < -0.4 is 5.73 Å². The smallest absolute Gasteiger partial charge is 0.123 e. The fourth-order valence-corrected chi connectivity index (χ4v) is 2.61. The molecule has 0 unspecified atom stereocenters. The number of phenolic OH excluding ortho intramolecular Hbond substituents is 1. The van der Waals surface area contributed by atoms with Gasteiger partial charge in [0, 0.05) is 17.5 Å². The fourth-order valence-electron chi connectivity index (χ4n) is 2.61. The average Bonchev–Trinajstić information content (AvgIpc) is 3.08. The van der Waals surface area contributed by atoms with Crippen LogP contribution in [0.25, 0.3) is 0 Å². The van der Waals surface area contributed by atoms with Crippen LogP contribution in [0, 0.1) is 0 Å². The minimum absolute atomic E-state index is 0.0330. The van der Waals surface area contributed by atoms with Crippen LogP contribution in [0.15, 0.2) is 12.1 Å². The van der Waals surface area contributed by atoms with Crippen molar-refractivity contribution in [1.82, 2.24) is 0 Å². The van der Waals surface area contributed by atoms with E-state index in [1.165, 1.54) is 5.56 Å². The van der Waals surface area contributed by atoms with Crippen molar-refractivity contribution in [2.24, 2.45) is 5.73 Å². The molecule has 0 spiro atoms. The third-order valence-electron chi connectivity index (χ3n) is 4.20. The highest BCUT2D eigenvalue weighted by Gasteiger charge is 2.45. The highest BCUT2D eigenvalue weighted by molar-refractivity contribution is 5.52. The molecule has 18 heavy (non-hydrogen) atoms. The zero-order valence-electron chi connectivity index (χ0n) is 12.0. The Labute approximate surface area is 110 Å². The summed E-state index contributed by atoms with van der Waals surface area (Å²) >= 11 is 0. The van der Waals surface area contributed by atoms with Gasteiger partial charge in [0.1, 0.15) is 5.75 Å². The molecule has 1 fully saturated rings. The van der Waals surface area contributed by atoms with Crippen molar-refractivity contribution in [2.75, 3.05) is 6.54 Å². The van der Waals surface area contributed by atoms with Gasteiger partial charge >= 0.3 is 0 Å². The van der Waals surface area contributed by atoms with Crippen molar-refractivity contribution in [1.29, 1.82) is 0 Å². The number of phenols is 1. The molecule has 1 aromatic rings. The van der Waals surface area contributed by atoms with E-state index in [1.54, 1.807) is 0 Å². The van der Waals surface area contributed by atoms with Gasteiger partial charge in [0.25, 0.3) is 0 Å². The van der Waals surface area contributed by atoms with E-state index >= 15 is 0 Å². The normalized spacial score (nSPS) is 17.8. The van der Waals surface area contributed by atoms with Gasteiger partial charge in [-0.25, -0.2) is 0 Å². The van der Waals surface area contributed by atoms with Crippen LogP contribution in [-0.4, -0.2) is 11.7 Å². The molecule has 100 valence electrons. The van der Waals surface area contributed by atoms with Crippen LogP contribution in [0.2, 0.25) is 0 Å². The van der Waals surface area contributed by atoms with Gasteiger partial charge in [-0.2, -0.15) is 0 Å². The van der Waals surface area contributed by atoms with Gasteiger partial charge in [0.05, 0.1) is 0 Å². The number of nitrogens with two attached hydrogens (primary N) is 1. The number of rotatable bonds is 3. The Balaban J connectivity index is 2.60. The van der Waals surface area contributed by atoms with Crippen LogP contribution in [0.1, 0.15) is 57.2 Å². The lowest BCUT2D eigenvalue weighted by Gasteiger charge is -2.26. The Kier molecular flexibility index (Phi) is 3.18. The quantitative estimate of drug-likeness (QED) is 0.861. The minimum atomic E-state index is -0.0330. The average molecular weight is 247 g/mol. The van der Waals surface area contributed by atoms with Crippen molar-refractivity contribution >= 4 is 0 Å². The first-order valence-corrected chi connectivity index (χ1v) is 6.91. The third kappa shape index (κ3) is 2.14. The summed E-state index contributed by atoms with van der Waals surface area (Å²) in [6.45, 7) is 9.23. The van der Waals surface area contributed by atoms with Gasteiger partial charge in [-0.3, -0.25) is 0 Å². The lowest BCUT2D eigenvalue weighted by Crippen LogP contribution is -2.22. The Hall–Kier alpha value is -1.02. The lowest BCUT2D eigenvalue weighted by molar-refractivity contribution is 0.432. The maximum absolute atomic E-state index is 10.6. The predicted molar refractivity (Wildman–Crippen MR) is 76.2 cm³/mol. The van der Waals surface area contributed by atoms with E-state index in [-0.39, 0.29) is 10.8 Å². The summed E-state index contributed by atoms with van der Waals surface area (Å²) < 4.78 is 0. The second kappa shape index (κ2) is 4.27. The van der Waals surface area contributed by atoms with Crippen molar-refractivity contribution in [3.05, 3.63) is 28.8 Å². The Bertz CT molecular complexity index is 453. The van der Waals surface area contributed by atoms with E-state index < -0.39 is 0 Å². The second-order valence-corrected chi connectivity index (χ2v) is 6.63. The van der Waals surface area contributed by atoms with Gasteiger partial charge in [0.15, 0.2) is 0 Å². The van der Waals surface area contributed by atoms with Crippen LogP contribution in [0.4, 0.5) is 0 Å². The molecule has 0 aromatic heterocycles. The van der Waals surface area contributed by atoms with Gasteiger partial charge < -0.3 is 10.8 Å². The summed E-state index contributed by atoms with van der Waals surface area (Å²) in [5.74, 6) is 0.475. The number of aromatic hydroxyl groups is 1. The number of benzene rings is 1. The topological polar surface area (TPSA) is 46.2 Å². The van der Waals surface area contributed by atoms with Crippen LogP contribution in [0.3, 0.4) is 0 Å². The van der Waals surface area contributed by atoms with E-state index in [9.17, 15) is 5.11 Å². The molecule has 3 N–H and O–H groups in total. The molecule has 0 atom stereocenters. The summed E-state index contributed by atoms with van der Waals surface area (Å²) in [5, 5.41) is 10.6. The number of aryl methyl sites for hydroxylation is 1. The van der Waals surface area contributed by atoms with Crippen molar-refractivity contribution in [3.63, 3.8) is 0 Å². The first-order valence-electron chi connectivity index (χ1n) is 6.91. The monoisotopic (exact) mass is 247 g/mol. The van der Waals surface area contributed by atoms with E-state index in [4.69, 9.17) is 5.73 Å². The van der Waals surface area contributed by atoms with Crippen molar-refractivity contribution < 1.29 is 5.11 Å². The van der Waals surface area contributed by atoms with E-state index in [2.05, 4.69) is 39.8 Å². The molecule has 1 aliphatic carbocycles. The summed E-state index contributed by atoms with van der Waals surface area (Å²) in [6, 6.07) is 4.30. The lowest BCUT2D eigenvalue weighted by atomic mass is 9.81. The highest BCUT2D eigenvalue weighted by atomic mass is 16.3. The molecule has 1 saturated carbocycles. The first-order chi connectivity index (χ1) is 8.34. The Morgan fingerprint density at radius 3 is 2.28 bits per heavy atom. The summed E-state index contributed by atoms with van der Waals surface area (Å²) in [5.41, 5.74) is 9.36. The summed E-state index contributed by atoms with van der Waals surface area (Å²) in [6.07, 6.45) is 3.21. The van der Waals surface area contributed by atoms with Crippen molar-refractivity contribution in [3.8, 4) is 5.75 Å². The molecule has 2 heteroatoms. The largest absolute Gasteiger partial charge is 0.507 e. The van der Waals surface area contributed by atoms with Crippen LogP contribution in [0.5, 0.6) is 5.75 Å².